The molecule has 0 atom stereocenters. The lowest BCUT2D eigenvalue weighted by atomic mass is 10.1. The number of carbonyl (C=O) groups excluding carboxylic acids is 1. The van der Waals surface area contributed by atoms with Crippen LogP contribution in [0.1, 0.15) is 12.5 Å². The molecule has 0 fully saturated rings. The number of hydrogen-bond acceptors (Lipinski definition) is 6. The van der Waals surface area contributed by atoms with Gasteiger partial charge in [0.25, 0.3) is 0 Å². The molecule has 7 nitrogen and oxygen atoms in total. The summed E-state index contributed by atoms with van der Waals surface area (Å²) in [6, 6.07) is 6.86. The highest BCUT2D eigenvalue weighted by atomic mass is 32.1. The van der Waals surface area contributed by atoms with Crippen molar-refractivity contribution in [2.45, 2.75) is 6.92 Å². The van der Waals surface area contributed by atoms with E-state index in [9.17, 15) is 9.90 Å². The van der Waals surface area contributed by atoms with E-state index in [0.717, 1.165) is 11.3 Å². The van der Waals surface area contributed by atoms with Gasteiger partial charge in [0.15, 0.2) is 5.11 Å². The zero-order chi connectivity index (χ0) is 16.4. The summed E-state index contributed by atoms with van der Waals surface area (Å²) in [7, 11) is 1.61. The van der Waals surface area contributed by atoms with Crippen molar-refractivity contribution in [3.05, 3.63) is 29.8 Å². The lowest BCUT2D eigenvalue weighted by Gasteiger charge is -2.09. The van der Waals surface area contributed by atoms with Crippen LogP contribution in [0.2, 0.25) is 0 Å². The molecule has 0 aliphatic heterocycles. The van der Waals surface area contributed by atoms with Gasteiger partial charge in [-0.05, 0) is 49.0 Å². The van der Waals surface area contributed by atoms with E-state index < -0.39 is 12.6 Å². The molecule has 0 aliphatic rings. The Morgan fingerprint density at radius 2 is 2.05 bits per heavy atom. The van der Waals surface area contributed by atoms with E-state index in [1.807, 2.05) is 6.92 Å². The normalized spacial score (nSPS) is 10.9. The molecule has 0 saturated heterocycles. The third-order valence-corrected chi connectivity index (χ3v) is 2.78. The van der Waals surface area contributed by atoms with Crippen molar-refractivity contribution in [1.82, 2.24) is 10.7 Å². The van der Waals surface area contributed by atoms with E-state index in [2.05, 4.69) is 15.8 Å². The summed E-state index contributed by atoms with van der Waals surface area (Å²) in [6.07, 6.45) is 0. The van der Waals surface area contributed by atoms with Crippen LogP contribution >= 0.6 is 12.2 Å². The molecule has 0 radical (unpaired) electrons. The summed E-state index contributed by atoms with van der Waals surface area (Å²) in [4.78, 5) is 10.3. The smallest absolute Gasteiger partial charge is 0.187 e. The minimum Gasteiger partial charge on any atom is -0.546 e. The predicted octanol–water partition coefficient (Wildman–Crippen LogP) is -0.350. The number of carboxylic acids is 1. The van der Waals surface area contributed by atoms with Gasteiger partial charge >= 0.3 is 0 Å². The number of benzene rings is 1. The van der Waals surface area contributed by atoms with Gasteiger partial charge in [-0.3, -0.25) is 5.43 Å². The Labute approximate surface area is 134 Å². The maximum Gasteiger partial charge on any atom is 0.187 e. The zero-order valence-corrected chi connectivity index (χ0v) is 13.2. The van der Waals surface area contributed by atoms with Crippen LogP contribution in [-0.4, -0.2) is 43.7 Å². The molecule has 1 aromatic rings. The number of thiocarbonyl (C=S) groups is 1. The first-order valence-corrected chi connectivity index (χ1v) is 6.94. The van der Waals surface area contributed by atoms with E-state index in [1.165, 1.54) is 0 Å². The summed E-state index contributed by atoms with van der Waals surface area (Å²) >= 11 is 5.05. The molecule has 1 aromatic carbocycles. The average molecular weight is 324 g/mol. The van der Waals surface area contributed by atoms with Crippen LogP contribution in [0.15, 0.2) is 29.4 Å². The molecule has 0 heterocycles. The number of ether oxygens (including phenoxy) is 2. The fraction of sp³-hybridized carbons (Fsp3) is 0.357. The summed E-state index contributed by atoms with van der Waals surface area (Å²) in [5.41, 5.74) is 4.31. The largest absolute Gasteiger partial charge is 0.546 e. The minimum absolute atomic E-state index is 0.408. The molecular weight excluding hydrogens is 306 g/mol. The number of hydrogen-bond donors (Lipinski definition) is 2. The quantitative estimate of drug-likeness (QED) is 0.292. The van der Waals surface area contributed by atoms with Crippen molar-refractivity contribution in [1.29, 1.82) is 0 Å². The van der Waals surface area contributed by atoms with Gasteiger partial charge in [-0.25, -0.2) is 0 Å². The van der Waals surface area contributed by atoms with Crippen molar-refractivity contribution in [2.75, 3.05) is 26.9 Å². The summed E-state index contributed by atoms with van der Waals surface area (Å²) < 4.78 is 9.89. The monoisotopic (exact) mass is 324 g/mol. The number of nitrogens with one attached hydrogen (secondary N) is 2. The van der Waals surface area contributed by atoms with Gasteiger partial charge in [0.2, 0.25) is 0 Å². The SMILES string of the molecule is COCCNC(=S)N/N=C(/C)c1ccc(OCC(=O)[O-])cc1. The van der Waals surface area contributed by atoms with Crippen LogP contribution in [0.5, 0.6) is 5.75 Å². The van der Waals surface area contributed by atoms with E-state index in [4.69, 9.17) is 21.7 Å². The number of rotatable bonds is 8. The number of carbonyl (C=O) groups is 1. The molecule has 0 saturated carbocycles. The van der Waals surface area contributed by atoms with Crippen LogP contribution in [-0.2, 0) is 9.53 Å². The molecule has 120 valence electrons. The third kappa shape index (κ3) is 7.00. The van der Waals surface area contributed by atoms with Crippen molar-refractivity contribution < 1.29 is 19.4 Å². The molecule has 0 spiro atoms. The van der Waals surface area contributed by atoms with Crippen LogP contribution in [0.3, 0.4) is 0 Å². The molecule has 0 aliphatic carbocycles. The molecule has 8 heteroatoms. The highest BCUT2D eigenvalue weighted by molar-refractivity contribution is 7.80. The lowest BCUT2D eigenvalue weighted by molar-refractivity contribution is -0.307. The van der Waals surface area contributed by atoms with Crippen LogP contribution in [0, 0.1) is 0 Å². The van der Waals surface area contributed by atoms with Gasteiger partial charge in [-0.2, -0.15) is 5.10 Å². The highest BCUT2D eigenvalue weighted by Gasteiger charge is 2.00. The molecule has 0 aromatic heterocycles. The summed E-state index contributed by atoms with van der Waals surface area (Å²) in [5.74, 6) is -0.814. The topological polar surface area (TPSA) is 95.0 Å². The molecule has 22 heavy (non-hydrogen) atoms. The van der Waals surface area contributed by atoms with Crippen LogP contribution in [0.25, 0.3) is 0 Å². The van der Waals surface area contributed by atoms with Gasteiger partial charge in [0.05, 0.1) is 18.3 Å². The first-order valence-electron chi connectivity index (χ1n) is 6.53. The average Bonchev–Trinajstić information content (AvgIpc) is 2.51. The van der Waals surface area contributed by atoms with Crippen molar-refractivity contribution in [3.8, 4) is 5.75 Å². The van der Waals surface area contributed by atoms with E-state index >= 15 is 0 Å². The van der Waals surface area contributed by atoms with E-state index in [0.29, 0.717) is 24.0 Å². The Morgan fingerprint density at radius 1 is 1.36 bits per heavy atom. The second-order valence-electron chi connectivity index (χ2n) is 4.24. The number of aliphatic carboxylic acids is 1. The lowest BCUT2D eigenvalue weighted by Crippen LogP contribution is -2.34. The second kappa shape index (κ2) is 9.69. The van der Waals surface area contributed by atoms with Gasteiger partial charge < -0.3 is 24.7 Å². The molecule has 0 amide bonds. The molecule has 0 bridgehead atoms. The van der Waals surface area contributed by atoms with Crippen molar-refractivity contribution in [3.63, 3.8) is 0 Å². The molecule has 1 rings (SSSR count). The summed E-state index contributed by atoms with van der Waals surface area (Å²) in [6.45, 7) is 2.50. The fourth-order valence-electron chi connectivity index (χ4n) is 1.44. The standard InChI is InChI=1S/C14H19N3O4S/c1-10(16-17-14(22)15-7-8-20-2)11-3-5-12(6-4-11)21-9-13(18)19/h3-6H,7-9H2,1-2H3,(H,18,19)(H2,15,17,22)/p-1/b16-10-. The predicted molar refractivity (Wildman–Crippen MR) is 84.8 cm³/mol. The first kappa shape index (κ1) is 17.9. The van der Waals surface area contributed by atoms with E-state index in [1.54, 1.807) is 31.4 Å². The maximum atomic E-state index is 10.3. The second-order valence-corrected chi connectivity index (χ2v) is 4.65. The molecule has 0 unspecified atom stereocenters. The summed E-state index contributed by atoms with van der Waals surface area (Å²) in [5, 5.41) is 17.8. The Morgan fingerprint density at radius 3 is 2.64 bits per heavy atom. The van der Waals surface area contributed by atoms with Crippen molar-refractivity contribution in [2.24, 2.45) is 5.10 Å². The first-order chi connectivity index (χ1) is 10.5. The Balaban J connectivity index is 2.50. The Bertz CT molecular complexity index is 531. The Kier molecular flexibility index (Phi) is 7.87. The minimum atomic E-state index is -1.26. The Hall–Kier alpha value is -2.19. The number of nitrogens with zero attached hydrogens (tertiary/aromatic N) is 1. The molecular formula is C14H18N3O4S-. The number of hydrazone groups is 1. The fourth-order valence-corrected chi connectivity index (χ4v) is 1.59. The van der Waals surface area contributed by atoms with Gasteiger partial charge in [-0.15, -0.1) is 0 Å². The highest BCUT2D eigenvalue weighted by Crippen LogP contribution is 2.12. The number of carboxylic acid groups (broad SMARTS) is 1. The third-order valence-electron chi connectivity index (χ3n) is 2.55. The van der Waals surface area contributed by atoms with Gasteiger partial charge in [-0.1, -0.05) is 0 Å². The van der Waals surface area contributed by atoms with E-state index in [-0.39, 0.29) is 0 Å². The maximum absolute atomic E-state index is 10.3. The van der Waals surface area contributed by atoms with Gasteiger partial charge in [0, 0.05) is 13.7 Å². The van der Waals surface area contributed by atoms with Gasteiger partial charge in [0.1, 0.15) is 12.4 Å². The number of methoxy groups -OCH3 is 1. The van der Waals surface area contributed by atoms with Crippen molar-refractivity contribution >= 4 is 29.0 Å². The van der Waals surface area contributed by atoms with Crippen LogP contribution < -0.4 is 20.6 Å². The molecule has 2 N–H and O–H groups in total. The van der Waals surface area contributed by atoms with Crippen LogP contribution in [0.4, 0.5) is 0 Å². The zero-order valence-electron chi connectivity index (χ0n) is 12.4.